The van der Waals surface area contributed by atoms with Crippen LogP contribution in [0.1, 0.15) is 29.8 Å². The summed E-state index contributed by atoms with van der Waals surface area (Å²) in [7, 11) is 0. The number of aromatic amines is 2. The first-order valence-corrected chi connectivity index (χ1v) is 4.73. The second-order valence-electron chi connectivity index (χ2n) is 3.07. The third kappa shape index (κ3) is 3.73. The van der Waals surface area contributed by atoms with E-state index in [9.17, 15) is 9.59 Å². The molecule has 0 aliphatic carbocycles. The molecular weight excluding hydrogens is 194 g/mol. The highest BCUT2D eigenvalue weighted by Gasteiger charge is 2.05. The standard InChI is InChI=1S/C10H13N3O2/c1-2-3-4-5-6-11-9(14)8-7-12-10(15)13-8/h1,7H,3-6H2,(H,11,14)(H2,12,13,15). The van der Waals surface area contributed by atoms with E-state index in [2.05, 4.69) is 21.2 Å². The Morgan fingerprint density at radius 1 is 1.53 bits per heavy atom. The van der Waals surface area contributed by atoms with Crippen LogP contribution in [-0.4, -0.2) is 22.4 Å². The van der Waals surface area contributed by atoms with Crippen molar-refractivity contribution in [1.29, 1.82) is 0 Å². The van der Waals surface area contributed by atoms with Crippen LogP contribution in [0.4, 0.5) is 0 Å². The van der Waals surface area contributed by atoms with Crippen LogP contribution < -0.4 is 11.0 Å². The molecule has 0 unspecified atom stereocenters. The molecule has 0 aromatic carbocycles. The maximum Gasteiger partial charge on any atom is 0.323 e. The summed E-state index contributed by atoms with van der Waals surface area (Å²) in [6.07, 6.45) is 8.88. The predicted molar refractivity (Wildman–Crippen MR) is 56.4 cm³/mol. The molecule has 5 nitrogen and oxygen atoms in total. The molecule has 0 atom stereocenters. The van der Waals surface area contributed by atoms with Gasteiger partial charge in [0.2, 0.25) is 0 Å². The minimum atomic E-state index is -0.382. The maximum atomic E-state index is 11.3. The largest absolute Gasteiger partial charge is 0.351 e. The van der Waals surface area contributed by atoms with Gasteiger partial charge in [-0.15, -0.1) is 12.3 Å². The zero-order valence-electron chi connectivity index (χ0n) is 8.30. The van der Waals surface area contributed by atoms with E-state index in [1.807, 2.05) is 0 Å². The Morgan fingerprint density at radius 2 is 2.33 bits per heavy atom. The zero-order chi connectivity index (χ0) is 11.1. The molecule has 15 heavy (non-hydrogen) atoms. The van der Waals surface area contributed by atoms with Crippen LogP contribution in [-0.2, 0) is 0 Å². The molecule has 0 fully saturated rings. The summed E-state index contributed by atoms with van der Waals surface area (Å²) in [5.41, 5.74) is -0.135. The van der Waals surface area contributed by atoms with Gasteiger partial charge < -0.3 is 15.3 Å². The van der Waals surface area contributed by atoms with E-state index in [4.69, 9.17) is 6.42 Å². The first kappa shape index (κ1) is 11.1. The number of carbonyl (C=O) groups is 1. The van der Waals surface area contributed by atoms with Gasteiger partial charge in [0.25, 0.3) is 5.91 Å². The van der Waals surface area contributed by atoms with Crippen molar-refractivity contribution in [3.8, 4) is 12.3 Å². The van der Waals surface area contributed by atoms with Crippen LogP contribution in [0.2, 0.25) is 0 Å². The Balaban J connectivity index is 2.26. The van der Waals surface area contributed by atoms with Crippen molar-refractivity contribution < 1.29 is 4.79 Å². The molecule has 0 spiro atoms. The van der Waals surface area contributed by atoms with Crippen LogP contribution in [0.25, 0.3) is 0 Å². The summed E-state index contributed by atoms with van der Waals surface area (Å²) in [5.74, 6) is 2.24. The van der Waals surface area contributed by atoms with E-state index < -0.39 is 0 Å². The molecule has 80 valence electrons. The Kier molecular flexibility index (Phi) is 4.23. The van der Waals surface area contributed by atoms with Crippen LogP contribution >= 0.6 is 0 Å². The summed E-state index contributed by atoms with van der Waals surface area (Å²) in [6.45, 7) is 0.563. The van der Waals surface area contributed by atoms with Crippen molar-refractivity contribution in [3.63, 3.8) is 0 Å². The lowest BCUT2D eigenvalue weighted by molar-refractivity contribution is 0.0948. The number of H-pyrrole nitrogens is 2. The molecule has 3 N–H and O–H groups in total. The van der Waals surface area contributed by atoms with Gasteiger partial charge in [0.1, 0.15) is 5.69 Å². The fraction of sp³-hybridized carbons (Fsp3) is 0.400. The van der Waals surface area contributed by atoms with E-state index in [1.165, 1.54) is 6.20 Å². The predicted octanol–water partition coefficient (Wildman–Crippen LogP) is 0.236. The highest BCUT2D eigenvalue weighted by molar-refractivity contribution is 5.91. The summed E-state index contributed by atoms with van der Waals surface area (Å²) < 4.78 is 0. The van der Waals surface area contributed by atoms with Gasteiger partial charge in [-0.2, -0.15) is 0 Å². The molecule has 5 heteroatoms. The van der Waals surface area contributed by atoms with Crippen molar-refractivity contribution in [2.75, 3.05) is 6.54 Å². The molecule has 1 heterocycles. The molecular formula is C10H13N3O2. The topological polar surface area (TPSA) is 77.8 Å². The number of hydrogen-bond acceptors (Lipinski definition) is 2. The molecule has 0 aliphatic heterocycles. The summed E-state index contributed by atoms with van der Waals surface area (Å²) in [6, 6.07) is 0. The fourth-order valence-electron chi connectivity index (χ4n) is 1.10. The van der Waals surface area contributed by atoms with Crippen molar-refractivity contribution in [1.82, 2.24) is 15.3 Å². The summed E-state index contributed by atoms with van der Waals surface area (Å²) >= 11 is 0. The van der Waals surface area contributed by atoms with E-state index in [-0.39, 0.29) is 17.3 Å². The third-order valence-corrected chi connectivity index (χ3v) is 1.87. The van der Waals surface area contributed by atoms with Crippen molar-refractivity contribution in [2.45, 2.75) is 19.3 Å². The Labute approximate surface area is 87.3 Å². The fourth-order valence-corrected chi connectivity index (χ4v) is 1.10. The molecule has 1 amide bonds. The van der Waals surface area contributed by atoms with E-state index in [0.29, 0.717) is 6.54 Å². The van der Waals surface area contributed by atoms with Crippen molar-refractivity contribution in [2.24, 2.45) is 0 Å². The Morgan fingerprint density at radius 3 is 2.93 bits per heavy atom. The van der Waals surface area contributed by atoms with Gasteiger partial charge in [-0.05, 0) is 12.8 Å². The first-order chi connectivity index (χ1) is 7.24. The number of terminal acetylenes is 1. The quantitative estimate of drug-likeness (QED) is 0.477. The van der Waals surface area contributed by atoms with Gasteiger partial charge in [0.05, 0.1) is 0 Å². The lowest BCUT2D eigenvalue weighted by atomic mass is 10.2. The van der Waals surface area contributed by atoms with Crippen LogP contribution in [0.15, 0.2) is 11.0 Å². The normalized spacial score (nSPS) is 9.53. The minimum Gasteiger partial charge on any atom is -0.351 e. The minimum absolute atomic E-state index is 0.247. The highest BCUT2D eigenvalue weighted by Crippen LogP contribution is 1.93. The molecule has 0 bridgehead atoms. The number of amides is 1. The lowest BCUT2D eigenvalue weighted by Gasteiger charge is -2.01. The Hall–Kier alpha value is -1.96. The number of rotatable bonds is 5. The molecule has 0 saturated heterocycles. The van der Waals surface area contributed by atoms with Gasteiger partial charge in [-0.25, -0.2) is 4.79 Å². The zero-order valence-corrected chi connectivity index (χ0v) is 8.30. The molecule has 0 saturated carbocycles. The number of unbranched alkanes of at least 4 members (excludes halogenated alkanes) is 2. The number of aromatic nitrogens is 2. The second kappa shape index (κ2) is 5.70. The number of hydrogen-bond donors (Lipinski definition) is 3. The average Bonchev–Trinajstić information content (AvgIpc) is 2.64. The van der Waals surface area contributed by atoms with E-state index in [1.54, 1.807) is 0 Å². The van der Waals surface area contributed by atoms with Gasteiger partial charge in [-0.3, -0.25) is 4.79 Å². The third-order valence-electron chi connectivity index (χ3n) is 1.87. The SMILES string of the molecule is C#CCCCCNC(=O)c1c[nH]c(=O)[nH]1. The van der Waals surface area contributed by atoms with E-state index in [0.717, 1.165) is 19.3 Å². The van der Waals surface area contributed by atoms with Gasteiger partial charge >= 0.3 is 5.69 Å². The van der Waals surface area contributed by atoms with Crippen LogP contribution in [0.5, 0.6) is 0 Å². The molecule has 1 rings (SSSR count). The number of imidazole rings is 1. The van der Waals surface area contributed by atoms with Crippen LogP contribution in [0.3, 0.4) is 0 Å². The average molecular weight is 207 g/mol. The van der Waals surface area contributed by atoms with Gasteiger partial charge in [0, 0.05) is 19.2 Å². The summed E-state index contributed by atoms with van der Waals surface area (Å²) in [5, 5.41) is 2.67. The molecule has 1 aromatic heterocycles. The molecule has 1 aromatic rings. The number of carbonyl (C=O) groups excluding carboxylic acids is 1. The highest BCUT2D eigenvalue weighted by atomic mass is 16.2. The molecule has 0 radical (unpaired) electrons. The molecule has 0 aliphatic rings. The van der Waals surface area contributed by atoms with Gasteiger partial charge in [-0.1, -0.05) is 0 Å². The van der Waals surface area contributed by atoms with Gasteiger partial charge in [0.15, 0.2) is 0 Å². The summed E-state index contributed by atoms with van der Waals surface area (Å²) in [4.78, 5) is 26.8. The smallest absolute Gasteiger partial charge is 0.323 e. The maximum absolute atomic E-state index is 11.3. The number of nitrogens with one attached hydrogen (secondary N) is 3. The monoisotopic (exact) mass is 207 g/mol. The first-order valence-electron chi connectivity index (χ1n) is 4.73. The van der Waals surface area contributed by atoms with Crippen molar-refractivity contribution >= 4 is 5.91 Å². The Bertz CT molecular complexity index is 411. The van der Waals surface area contributed by atoms with Crippen molar-refractivity contribution in [3.05, 3.63) is 22.4 Å². The van der Waals surface area contributed by atoms with Crippen LogP contribution in [0, 0.1) is 12.3 Å². The lowest BCUT2D eigenvalue weighted by Crippen LogP contribution is -2.25. The second-order valence-corrected chi connectivity index (χ2v) is 3.07. The van der Waals surface area contributed by atoms with E-state index >= 15 is 0 Å².